The second kappa shape index (κ2) is 4.86. The molecule has 2 heterocycles. The summed E-state index contributed by atoms with van der Waals surface area (Å²) in [6.07, 6.45) is 1.15. The molecule has 20 heavy (non-hydrogen) atoms. The number of fused-ring (bicyclic) bond motifs is 1. The Morgan fingerprint density at radius 3 is 2.75 bits per heavy atom. The van der Waals surface area contributed by atoms with Crippen LogP contribution in [0.2, 0.25) is 0 Å². The molecule has 2 aromatic rings. The molecule has 1 aromatic heterocycles. The van der Waals surface area contributed by atoms with E-state index in [2.05, 4.69) is 17.6 Å². The summed E-state index contributed by atoms with van der Waals surface area (Å²) in [5.41, 5.74) is 1.27. The standard InChI is InChI=1S/C11H8N4O3SSe/c16-10-5-4-7(6-12-10)19(17,18)13-8-2-1-3-9-11(8)15-20-14-9/h1-6,13H,(H,12,16). The molecule has 0 bridgehead atoms. The molecule has 9 heteroatoms. The molecule has 7 nitrogen and oxygen atoms in total. The van der Waals surface area contributed by atoms with E-state index in [0.29, 0.717) is 17.1 Å². The van der Waals surface area contributed by atoms with Gasteiger partial charge in [0.2, 0.25) is 0 Å². The molecule has 1 aliphatic heterocycles. The molecule has 0 fully saturated rings. The van der Waals surface area contributed by atoms with Crippen molar-refractivity contribution in [3.8, 4) is 0 Å². The molecule has 0 saturated heterocycles. The van der Waals surface area contributed by atoms with Crippen LogP contribution in [-0.2, 0) is 10.0 Å². The van der Waals surface area contributed by atoms with E-state index in [0.717, 1.165) is 12.3 Å². The molecule has 0 spiro atoms. The number of aromatic amines is 1. The Kier molecular flexibility index (Phi) is 3.17. The molecular weight excluding hydrogens is 347 g/mol. The minimum atomic E-state index is -3.77. The molecule has 102 valence electrons. The molecule has 2 N–H and O–H groups in total. The van der Waals surface area contributed by atoms with Crippen molar-refractivity contribution in [3.63, 3.8) is 0 Å². The maximum absolute atomic E-state index is 12.2. The minimum absolute atomic E-state index is 0.0184. The van der Waals surface area contributed by atoms with E-state index in [1.165, 1.54) is 6.07 Å². The fourth-order valence-electron chi connectivity index (χ4n) is 1.66. The number of benzene rings is 1. The van der Waals surface area contributed by atoms with Crippen LogP contribution in [0.15, 0.2) is 54.1 Å². The topological polar surface area (TPSA) is 104 Å². The Hall–Kier alpha value is -1.96. The van der Waals surface area contributed by atoms with Gasteiger partial charge in [0, 0.05) is 0 Å². The Bertz CT molecular complexity index is 893. The Labute approximate surface area is 119 Å². The van der Waals surface area contributed by atoms with Gasteiger partial charge in [-0.1, -0.05) is 0 Å². The number of rotatable bonds is 3. The summed E-state index contributed by atoms with van der Waals surface area (Å²) >= 11 is -0.234. The molecule has 0 saturated carbocycles. The van der Waals surface area contributed by atoms with Crippen molar-refractivity contribution < 1.29 is 8.42 Å². The first-order valence-corrected chi connectivity index (χ1v) is 8.51. The van der Waals surface area contributed by atoms with E-state index in [4.69, 9.17) is 0 Å². The normalized spacial score (nSPS) is 12.8. The Balaban J connectivity index is 1.99. The summed E-state index contributed by atoms with van der Waals surface area (Å²) in [4.78, 5) is 13.3. The number of pyridine rings is 1. The molecule has 0 radical (unpaired) electrons. The zero-order chi connectivity index (χ0) is 14.2. The van der Waals surface area contributed by atoms with Gasteiger partial charge in [0.15, 0.2) is 0 Å². The van der Waals surface area contributed by atoms with Crippen molar-refractivity contribution in [2.24, 2.45) is 7.92 Å². The van der Waals surface area contributed by atoms with Crippen molar-refractivity contribution in [2.75, 3.05) is 4.72 Å². The first kappa shape index (κ1) is 13.0. The van der Waals surface area contributed by atoms with Gasteiger partial charge in [0.1, 0.15) is 0 Å². The monoisotopic (exact) mass is 356 g/mol. The van der Waals surface area contributed by atoms with E-state index in [1.54, 1.807) is 18.2 Å². The van der Waals surface area contributed by atoms with Gasteiger partial charge in [0.25, 0.3) is 0 Å². The summed E-state index contributed by atoms with van der Waals surface area (Å²) in [5.74, 6) is 0. The zero-order valence-electron chi connectivity index (χ0n) is 9.90. The van der Waals surface area contributed by atoms with Crippen molar-refractivity contribution in [2.45, 2.75) is 4.90 Å². The Morgan fingerprint density at radius 2 is 2.00 bits per heavy atom. The molecule has 1 aromatic carbocycles. The van der Waals surface area contributed by atoms with Gasteiger partial charge in [-0.3, -0.25) is 0 Å². The number of nitrogens with one attached hydrogen (secondary N) is 2. The SMILES string of the molecule is O=c1ccc(S(=O)(=O)Nc2cccc3c2N=[Se]=N3)c[nH]1. The molecular formula is C11H8N4O3SSe. The van der Waals surface area contributed by atoms with Crippen LogP contribution in [-0.4, -0.2) is 28.0 Å². The first-order valence-electron chi connectivity index (χ1n) is 5.49. The van der Waals surface area contributed by atoms with Crippen molar-refractivity contribution >= 4 is 41.7 Å². The molecule has 3 rings (SSSR count). The van der Waals surface area contributed by atoms with Gasteiger partial charge >= 0.3 is 119 Å². The molecule has 1 aliphatic rings. The predicted molar refractivity (Wildman–Crippen MR) is 74.2 cm³/mol. The number of aromatic nitrogens is 1. The summed E-state index contributed by atoms with van der Waals surface area (Å²) in [5, 5.41) is 0. The molecule has 0 atom stereocenters. The molecule has 0 aliphatic carbocycles. The first-order chi connectivity index (χ1) is 9.56. The van der Waals surface area contributed by atoms with Crippen molar-refractivity contribution in [1.82, 2.24) is 4.98 Å². The van der Waals surface area contributed by atoms with Crippen molar-refractivity contribution in [3.05, 3.63) is 46.9 Å². The number of nitrogens with zero attached hydrogens (tertiary/aromatic N) is 2. The van der Waals surface area contributed by atoms with Crippen LogP contribution in [0, 0.1) is 0 Å². The third-order valence-electron chi connectivity index (χ3n) is 2.60. The van der Waals surface area contributed by atoms with E-state index in [-0.39, 0.29) is 25.0 Å². The number of hydrogen-bond donors (Lipinski definition) is 2. The van der Waals surface area contributed by atoms with Gasteiger partial charge in [-0.05, 0) is 0 Å². The van der Waals surface area contributed by atoms with Gasteiger partial charge in [0.05, 0.1) is 0 Å². The quantitative estimate of drug-likeness (QED) is 0.696. The van der Waals surface area contributed by atoms with Gasteiger partial charge < -0.3 is 0 Å². The summed E-state index contributed by atoms with van der Waals surface area (Å²) < 4.78 is 35.3. The second-order valence-electron chi connectivity index (χ2n) is 3.93. The number of sulfonamides is 1. The van der Waals surface area contributed by atoms with Crippen LogP contribution in [0.4, 0.5) is 17.1 Å². The van der Waals surface area contributed by atoms with Crippen LogP contribution < -0.4 is 10.3 Å². The van der Waals surface area contributed by atoms with Gasteiger partial charge in [-0.15, -0.1) is 0 Å². The average molecular weight is 355 g/mol. The van der Waals surface area contributed by atoms with E-state index in [9.17, 15) is 13.2 Å². The van der Waals surface area contributed by atoms with Gasteiger partial charge in [-0.25, -0.2) is 0 Å². The Morgan fingerprint density at radius 1 is 1.15 bits per heavy atom. The summed E-state index contributed by atoms with van der Waals surface area (Å²) in [7, 11) is -3.77. The van der Waals surface area contributed by atoms with Crippen molar-refractivity contribution in [1.29, 1.82) is 0 Å². The third kappa shape index (κ3) is 2.38. The van der Waals surface area contributed by atoms with Gasteiger partial charge in [-0.2, -0.15) is 0 Å². The third-order valence-corrected chi connectivity index (χ3v) is 5.10. The number of H-pyrrole nitrogens is 1. The zero-order valence-corrected chi connectivity index (χ0v) is 12.4. The molecule has 0 unspecified atom stereocenters. The van der Waals surface area contributed by atoms with E-state index >= 15 is 0 Å². The maximum atomic E-state index is 12.2. The predicted octanol–water partition coefficient (Wildman–Crippen LogP) is 1.52. The number of hydrogen-bond acceptors (Lipinski definition) is 5. The van der Waals surface area contributed by atoms with Crippen LogP contribution in [0.3, 0.4) is 0 Å². The van der Waals surface area contributed by atoms with Crippen LogP contribution >= 0.6 is 0 Å². The fourth-order valence-corrected chi connectivity index (χ4v) is 3.84. The molecule has 0 amide bonds. The van der Waals surface area contributed by atoms with E-state index in [1.807, 2.05) is 0 Å². The average Bonchev–Trinajstić information content (AvgIpc) is 2.88. The van der Waals surface area contributed by atoms with E-state index < -0.39 is 10.0 Å². The van der Waals surface area contributed by atoms with Crippen LogP contribution in [0.5, 0.6) is 0 Å². The second-order valence-corrected chi connectivity index (χ2v) is 6.72. The summed E-state index contributed by atoms with van der Waals surface area (Å²) in [6.45, 7) is 0. The summed E-state index contributed by atoms with van der Waals surface area (Å²) in [6, 6.07) is 7.53. The van der Waals surface area contributed by atoms with Crippen LogP contribution in [0.25, 0.3) is 0 Å². The van der Waals surface area contributed by atoms with Crippen LogP contribution in [0.1, 0.15) is 0 Å². The fraction of sp³-hybridized carbons (Fsp3) is 0. The number of anilines is 1.